The number of ether oxygens (including phenoxy) is 1. The molecule has 0 atom stereocenters. The molecule has 30 heavy (non-hydrogen) atoms. The molecule has 1 fully saturated rings. The minimum atomic E-state index is -0.0321. The number of carbonyl (C=O) groups excluding carboxylic acids is 1. The van der Waals surface area contributed by atoms with E-state index in [1.165, 1.54) is 0 Å². The Morgan fingerprint density at radius 1 is 1.23 bits per heavy atom. The van der Waals surface area contributed by atoms with Crippen molar-refractivity contribution in [2.24, 2.45) is 13.0 Å². The van der Waals surface area contributed by atoms with E-state index in [9.17, 15) is 4.79 Å². The second-order valence-corrected chi connectivity index (χ2v) is 8.70. The molecule has 1 aliphatic heterocycles. The highest BCUT2D eigenvalue weighted by atomic mass is 16.5. The maximum Gasteiger partial charge on any atom is 0.318 e. The molecule has 7 heteroatoms. The van der Waals surface area contributed by atoms with Gasteiger partial charge in [-0.05, 0) is 56.6 Å². The van der Waals surface area contributed by atoms with Gasteiger partial charge in [0.25, 0.3) is 0 Å². The van der Waals surface area contributed by atoms with E-state index >= 15 is 0 Å². The first-order chi connectivity index (χ1) is 14.4. The molecule has 0 radical (unpaired) electrons. The Hall–Kier alpha value is -2.54. The van der Waals surface area contributed by atoms with Crippen LogP contribution in [-0.4, -0.2) is 58.2 Å². The van der Waals surface area contributed by atoms with Crippen LogP contribution < -0.4 is 10.1 Å². The minimum absolute atomic E-state index is 0.0321. The van der Waals surface area contributed by atoms with Crippen LogP contribution in [0.1, 0.15) is 37.9 Å². The largest absolute Gasteiger partial charge is 0.493 e. The predicted octanol–water partition coefficient (Wildman–Crippen LogP) is 3.26. The van der Waals surface area contributed by atoms with Gasteiger partial charge in [-0.25, -0.2) is 9.78 Å². The maximum atomic E-state index is 13.1. The molecule has 0 saturated carbocycles. The van der Waals surface area contributed by atoms with Gasteiger partial charge in [-0.15, -0.1) is 0 Å². The van der Waals surface area contributed by atoms with E-state index in [2.05, 4.69) is 36.1 Å². The first-order valence-corrected chi connectivity index (χ1v) is 10.8. The molecule has 0 bridgehead atoms. The second-order valence-electron chi connectivity index (χ2n) is 8.70. The van der Waals surface area contributed by atoms with Crippen LogP contribution in [-0.2, 0) is 20.1 Å². The summed E-state index contributed by atoms with van der Waals surface area (Å²) < 4.78 is 7.65. The highest BCUT2D eigenvalue weighted by Crippen LogP contribution is 2.19. The number of likely N-dealkylation sites (tertiary alicyclic amines) is 1. The number of piperidine rings is 1. The van der Waals surface area contributed by atoms with Crippen molar-refractivity contribution in [1.82, 2.24) is 24.7 Å². The van der Waals surface area contributed by atoms with Crippen molar-refractivity contribution in [3.63, 3.8) is 0 Å². The molecule has 1 saturated heterocycles. The number of rotatable bonds is 8. The summed E-state index contributed by atoms with van der Waals surface area (Å²) >= 11 is 0. The van der Waals surface area contributed by atoms with Gasteiger partial charge < -0.3 is 24.4 Å². The standard InChI is InChI=1S/C23H35N5O2/c1-18(2)16-30-22-7-5-19(6-8-22)13-24-23(29)28(15-20-14-27(4)17-25-20)21-9-11-26(3)12-10-21/h5-8,14,17-18,21H,9-13,15-16H2,1-4H3,(H,24,29). The third kappa shape index (κ3) is 6.49. The highest BCUT2D eigenvalue weighted by Gasteiger charge is 2.27. The Morgan fingerprint density at radius 2 is 1.93 bits per heavy atom. The van der Waals surface area contributed by atoms with Gasteiger partial charge in [0.05, 0.1) is 25.2 Å². The summed E-state index contributed by atoms with van der Waals surface area (Å²) in [5, 5.41) is 3.10. The zero-order chi connectivity index (χ0) is 21.5. The Balaban J connectivity index is 1.59. The second kappa shape index (κ2) is 10.5. The lowest BCUT2D eigenvalue weighted by Crippen LogP contribution is -2.49. The van der Waals surface area contributed by atoms with E-state index < -0.39 is 0 Å². The molecular weight excluding hydrogens is 378 g/mol. The van der Waals surface area contributed by atoms with Gasteiger partial charge in [0.15, 0.2) is 0 Å². The molecule has 2 aromatic rings. The average molecular weight is 414 g/mol. The quantitative estimate of drug-likeness (QED) is 0.722. The van der Waals surface area contributed by atoms with Gasteiger partial charge >= 0.3 is 6.03 Å². The van der Waals surface area contributed by atoms with E-state index in [0.29, 0.717) is 25.6 Å². The first-order valence-electron chi connectivity index (χ1n) is 10.8. The molecule has 1 N–H and O–H groups in total. The Morgan fingerprint density at radius 3 is 2.53 bits per heavy atom. The zero-order valence-corrected chi connectivity index (χ0v) is 18.7. The van der Waals surface area contributed by atoms with Crippen molar-refractivity contribution in [3.05, 3.63) is 48.0 Å². The molecule has 0 spiro atoms. The average Bonchev–Trinajstić information content (AvgIpc) is 3.15. The summed E-state index contributed by atoms with van der Waals surface area (Å²) in [6.45, 7) is 8.01. The van der Waals surface area contributed by atoms with Crippen LogP contribution in [0.3, 0.4) is 0 Å². The molecular formula is C23H35N5O2. The molecule has 0 unspecified atom stereocenters. The predicted molar refractivity (Wildman–Crippen MR) is 118 cm³/mol. The third-order valence-electron chi connectivity index (χ3n) is 5.43. The number of carbonyl (C=O) groups is 1. The number of benzene rings is 1. The van der Waals surface area contributed by atoms with Crippen LogP contribution in [0.2, 0.25) is 0 Å². The van der Waals surface area contributed by atoms with Crippen molar-refractivity contribution in [2.75, 3.05) is 26.7 Å². The van der Waals surface area contributed by atoms with E-state index in [-0.39, 0.29) is 12.1 Å². The SMILES string of the molecule is CC(C)COc1ccc(CNC(=O)N(Cc2cn(C)cn2)C2CCN(C)CC2)cc1. The van der Waals surface area contributed by atoms with Gasteiger partial charge in [0.1, 0.15) is 5.75 Å². The lowest BCUT2D eigenvalue weighted by Gasteiger charge is -2.37. The molecule has 0 aliphatic carbocycles. The minimum Gasteiger partial charge on any atom is -0.493 e. The van der Waals surface area contributed by atoms with E-state index in [0.717, 1.165) is 42.9 Å². The van der Waals surface area contributed by atoms with E-state index in [1.807, 2.05) is 47.0 Å². The maximum absolute atomic E-state index is 13.1. The fourth-order valence-corrected chi connectivity index (χ4v) is 3.64. The normalized spacial score (nSPS) is 15.4. The van der Waals surface area contributed by atoms with Crippen molar-refractivity contribution in [3.8, 4) is 5.75 Å². The van der Waals surface area contributed by atoms with E-state index in [4.69, 9.17) is 4.74 Å². The van der Waals surface area contributed by atoms with E-state index in [1.54, 1.807) is 6.33 Å². The van der Waals surface area contributed by atoms with Crippen LogP contribution in [0, 0.1) is 5.92 Å². The third-order valence-corrected chi connectivity index (χ3v) is 5.43. The summed E-state index contributed by atoms with van der Waals surface area (Å²) in [5.41, 5.74) is 1.97. The van der Waals surface area contributed by atoms with Gasteiger partial charge in [-0.3, -0.25) is 0 Å². The van der Waals surface area contributed by atoms with Crippen LogP contribution in [0.4, 0.5) is 4.79 Å². The molecule has 3 rings (SSSR count). The topological polar surface area (TPSA) is 62.6 Å². The summed E-state index contributed by atoms with van der Waals surface area (Å²) in [5.74, 6) is 1.36. The molecule has 1 aromatic carbocycles. The number of nitrogens with zero attached hydrogens (tertiary/aromatic N) is 4. The monoisotopic (exact) mass is 413 g/mol. The molecule has 1 aliphatic rings. The number of aryl methyl sites for hydroxylation is 1. The molecule has 2 heterocycles. The van der Waals surface area contributed by atoms with Crippen LogP contribution in [0.15, 0.2) is 36.8 Å². The Labute approximate surface area is 180 Å². The number of amides is 2. The number of hydrogen-bond donors (Lipinski definition) is 1. The van der Waals surface area contributed by atoms with Crippen molar-refractivity contribution in [1.29, 1.82) is 0 Å². The number of urea groups is 1. The summed E-state index contributed by atoms with van der Waals surface area (Å²) in [6.07, 6.45) is 5.73. The number of aromatic nitrogens is 2. The van der Waals surface area contributed by atoms with Gasteiger partial charge in [-0.2, -0.15) is 0 Å². The van der Waals surface area contributed by atoms with Crippen LogP contribution >= 0.6 is 0 Å². The van der Waals surface area contributed by atoms with Crippen LogP contribution in [0.25, 0.3) is 0 Å². The van der Waals surface area contributed by atoms with Crippen molar-refractivity contribution >= 4 is 6.03 Å². The lowest BCUT2D eigenvalue weighted by molar-refractivity contribution is 0.126. The smallest absolute Gasteiger partial charge is 0.318 e. The Bertz CT molecular complexity index is 794. The molecule has 164 valence electrons. The number of hydrogen-bond acceptors (Lipinski definition) is 4. The summed E-state index contributed by atoms with van der Waals surface area (Å²) in [6, 6.07) is 8.15. The zero-order valence-electron chi connectivity index (χ0n) is 18.7. The molecule has 2 amide bonds. The Kier molecular flexibility index (Phi) is 7.74. The summed E-state index contributed by atoms with van der Waals surface area (Å²) in [4.78, 5) is 21.8. The van der Waals surface area contributed by atoms with Crippen molar-refractivity contribution < 1.29 is 9.53 Å². The van der Waals surface area contributed by atoms with Gasteiger partial charge in [0.2, 0.25) is 0 Å². The van der Waals surface area contributed by atoms with Crippen molar-refractivity contribution in [2.45, 2.75) is 45.8 Å². The highest BCUT2D eigenvalue weighted by molar-refractivity contribution is 5.74. The molecule has 7 nitrogen and oxygen atoms in total. The lowest BCUT2D eigenvalue weighted by atomic mass is 10.0. The number of nitrogens with one attached hydrogen (secondary N) is 1. The summed E-state index contributed by atoms with van der Waals surface area (Å²) in [7, 11) is 4.08. The fourth-order valence-electron chi connectivity index (χ4n) is 3.64. The van der Waals surface area contributed by atoms with Gasteiger partial charge in [0, 0.05) is 25.8 Å². The van der Waals surface area contributed by atoms with Crippen LogP contribution in [0.5, 0.6) is 5.75 Å². The fraction of sp³-hybridized carbons (Fsp3) is 0.565. The molecule has 1 aromatic heterocycles. The van der Waals surface area contributed by atoms with Gasteiger partial charge in [-0.1, -0.05) is 26.0 Å². The first kappa shape index (κ1) is 22.2. The number of imidazole rings is 1.